The van der Waals surface area contributed by atoms with Crippen LogP contribution < -0.4 is 5.32 Å². The third-order valence-corrected chi connectivity index (χ3v) is 3.51. The summed E-state index contributed by atoms with van der Waals surface area (Å²) in [5.41, 5.74) is 2.94. The third-order valence-electron chi connectivity index (χ3n) is 3.51. The maximum Gasteiger partial charge on any atom is 0.127 e. The first-order valence-corrected chi connectivity index (χ1v) is 6.44. The normalized spacial score (nSPS) is 14.7. The first-order valence-electron chi connectivity index (χ1n) is 6.44. The zero-order chi connectivity index (χ0) is 13.0. The first-order chi connectivity index (χ1) is 7.97. The fourth-order valence-electron chi connectivity index (χ4n) is 2.34. The summed E-state index contributed by atoms with van der Waals surface area (Å²) in [7, 11) is 0. The number of rotatable bonds is 5. The Morgan fingerprint density at radius 2 is 1.88 bits per heavy atom. The molecule has 0 aliphatic heterocycles. The van der Waals surface area contributed by atoms with Gasteiger partial charge in [0.05, 0.1) is 0 Å². The van der Waals surface area contributed by atoms with Crippen molar-refractivity contribution in [2.45, 2.75) is 40.5 Å². The molecule has 0 aliphatic rings. The molecule has 0 bridgehead atoms. The highest BCUT2D eigenvalue weighted by atomic mass is 19.1. The van der Waals surface area contributed by atoms with E-state index in [0.717, 1.165) is 29.8 Å². The van der Waals surface area contributed by atoms with Gasteiger partial charge in [0.15, 0.2) is 0 Å². The van der Waals surface area contributed by atoms with Crippen molar-refractivity contribution >= 4 is 0 Å². The number of halogens is 1. The molecule has 1 nitrogen and oxygen atoms in total. The topological polar surface area (TPSA) is 12.0 Å². The van der Waals surface area contributed by atoms with Crippen molar-refractivity contribution in [1.82, 2.24) is 5.32 Å². The van der Waals surface area contributed by atoms with Gasteiger partial charge in [0.1, 0.15) is 5.82 Å². The van der Waals surface area contributed by atoms with E-state index in [-0.39, 0.29) is 11.7 Å². The van der Waals surface area contributed by atoms with Crippen molar-refractivity contribution < 1.29 is 4.39 Å². The fraction of sp³-hybridized carbons (Fsp3) is 0.600. The second-order valence-corrected chi connectivity index (χ2v) is 5.05. The van der Waals surface area contributed by atoms with Crippen LogP contribution in [-0.2, 0) is 0 Å². The number of hydrogen-bond donors (Lipinski definition) is 1. The van der Waals surface area contributed by atoms with Crippen molar-refractivity contribution in [2.75, 3.05) is 13.1 Å². The zero-order valence-corrected chi connectivity index (χ0v) is 11.6. The van der Waals surface area contributed by atoms with E-state index in [1.54, 1.807) is 6.07 Å². The lowest BCUT2D eigenvalue weighted by Gasteiger charge is -2.23. The molecule has 0 fully saturated rings. The predicted molar refractivity (Wildman–Crippen MR) is 72.0 cm³/mol. The Balaban J connectivity index is 2.91. The van der Waals surface area contributed by atoms with E-state index in [1.165, 1.54) is 0 Å². The highest BCUT2D eigenvalue weighted by molar-refractivity contribution is 5.34. The first kappa shape index (κ1) is 14.2. The van der Waals surface area contributed by atoms with Crippen molar-refractivity contribution in [1.29, 1.82) is 0 Å². The van der Waals surface area contributed by atoms with Crippen LogP contribution in [0.3, 0.4) is 0 Å². The van der Waals surface area contributed by atoms with Crippen molar-refractivity contribution in [3.63, 3.8) is 0 Å². The summed E-state index contributed by atoms with van der Waals surface area (Å²) in [6, 6.07) is 3.70. The van der Waals surface area contributed by atoms with Gasteiger partial charge in [-0.3, -0.25) is 0 Å². The van der Waals surface area contributed by atoms with Crippen molar-refractivity contribution in [3.05, 3.63) is 34.6 Å². The van der Waals surface area contributed by atoms with E-state index in [4.69, 9.17) is 0 Å². The maximum atomic E-state index is 14.0. The monoisotopic (exact) mass is 237 g/mol. The number of nitrogens with one attached hydrogen (secondary N) is 1. The van der Waals surface area contributed by atoms with E-state index >= 15 is 0 Å². The summed E-state index contributed by atoms with van der Waals surface area (Å²) >= 11 is 0. The van der Waals surface area contributed by atoms with Gasteiger partial charge in [-0.2, -0.15) is 0 Å². The summed E-state index contributed by atoms with van der Waals surface area (Å²) < 4.78 is 14.0. The Labute approximate surface area is 104 Å². The van der Waals surface area contributed by atoms with Crippen LogP contribution in [0.2, 0.25) is 0 Å². The molecule has 0 saturated carbocycles. The summed E-state index contributed by atoms with van der Waals surface area (Å²) in [5, 5.41) is 3.33. The number of hydrogen-bond acceptors (Lipinski definition) is 1. The second-order valence-electron chi connectivity index (χ2n) is 5.05. The van der Waals surface area contributed by atoms with Crippen LogP contribution in [0.5, 0.6) is 0 Å². The molecule has 1 aromatic rings. The van der Waals surface area contributed by atoms with Gasteiger partial charge in [-0.15, -0.1) is 0 Å². The molecule has 2 atom stereocenters. The summed E-state index contributed by atoms with van der Waals surface area (Å²) in [4.78, 5) is 0. The van der Waals surface area contributed by atoms with Gasteiger partial charge in [0.2, 0.25) is 0 Å². The number of benzene rings is 1. The molecule has 1 rings (SSSR count). The Morgan fingerprint density at radius 3 is 2.41 bits per heavy atom. The van der Waals surface area contributed by atoms with Crippen LogP contribution in [0.15, 0.2) is 12.1 Å². The molecule has 0 heterocycles. The Kier molecular flexibility index (Phi) is 5.13. The minimum absolute atomic E-state index is 0.0571. The fourth-order valence-corrected chi connectivity index (χ4v) is 2.34. The SMILES string of the molecule is CCNCC(C)C(C)c1c(C)cc(C)cc1F. The van der Waals surface area contributed by atoms with E-state index in [0.29, 0.717) is 5.92 Å². The van der Waals surface area contributed by atoms with Crippen LogP contribution >= 0.6 is 0 Å². The van der Waals surface area contributed by atoms with Gasteiger partial charge in [-0.05, 0) is 61.5 Å². The van der Waals surface area contributed by atoms with Gasteiger partial charge in [0.25, 0.3) is 0 Å². The van der Waals surface area contributed by atoms with Crippen LogP contribution in [0.1, 0.15) is 43.4 Å². The lowest BCUT2D eigenvalue weighted by atomic mass is 9.85. The van der Waals surface area contributed by atoms with Gasteiger partial charge in [-0.25, -0.2) is 4.39 Å². The van der Waals surface area contributed by atoms with Crippen LogP contribution in [-0.4, -0.2) is 13.1 Å². The van der Waals surface area contributed by atoms with E-state index in [2.05, 4.69) is 32.2 Å². The van der Waals surface area contributed by atoms with E-state index in [1.807, 2.05) is 13.8 Å². The molecule has 0 amide bonds. The lowest BCUT2D eigenvalue weighted by Crippen LogP contribution is -2.24. The van der Waals surface area contributed by atoms with Gasteiger partial charge >= 0.3 is 0 Å². The Hall–Kier alpha value is -0.890. The quantitative estimate of drug-likeness (QED) is 0.821. The average molecular weight is 237 g/mol. The molecule has 1 aromatic carbocycles. The largest absolute Gasteiger partial charge is 0.317 e. The van der Waals surface area contributed by atoms with Gasteiger partial charge in [-0.1, -0.05) is 26.8 Å². The molecule has 0 radical (unpaired) electrons. The summed E-state index contributed by atoms with van der Waals surface area (Å²) in [5.74, 6) is 0.624. The molecule has 1 N–H and O–H groups in total. The van der Waals surface area contributed by atoms with Gasteiger partial charge < -0.3 is 5.32 Å². The standard InChI is InChI=1S/C15H24FN/c1-6-17-9-12(4)13(5)15-11(3)7-10(2)8-14(15)16/h7-8,12-13,17H,6,9H2,1-5H3. The molecule has 0 aromatic heterocycles. The zero-order valence-electron chi connectivity index (χ0n) is 11.6. The molecular weight excluding hydrogens is 213 g/mol. The van der Waals surface area contributed by atoms with Crippen LogP contribution in [0.4, 0.5) is 4.39 Å². The number of aryl methyl sites for hydroxylation is 2. The highest BCUT2D eigenvalue weighted by Gasteiger charge is 2.19. The molecule has 17 heavy (non-hydrogen) atoms. The third kappa shape index (κ3) is 3.53. The molecule has 2 heteroatoms. The Morgan fingerprint density at radius 1 is 1.24 bits per heavy atom. The molecular formula is C15H24FN. The van der Waals surface area contributed by atoms with Crippen molar-refractivity contribution in [2.24, 2.45) is 5.92 Å². The molecule has 96 valence electrons. The Bertz CT molecular complexity index is 350. The minimum Gasteiger partial charge on any atom is -0.317 e. The van der Waals surface area contributed by atoms with E-state index in [9.17, 15) is 4.39 Å². The van der Waals surface area contributed by atoms with Crippen LogP contribution in [0.25, 0.3) is 0 Å². The molecule has 0 aliphatic carbocycles. The molecule has 0 spiro atoms. The second kappa shape index (κ2) is 6.15. The smallest absolute Gasteiger partial charge is 0.127 e. The predicted octanol–water partition coefficient (Wildman–Crippen LogP) is 3.79. The highest BCUT2D eigenvalue weighted by Crippen LogP contribution is 2.29. The molecule has 2 unspecified atom stereocenters. The average Bonchev–Trinajstić information content (AvgIpc) is 2.24. The molecule has 0 saturated heterocycles. The summed E-state index contributed by atoms with van der Waals surface area (Å²) in [6.45, 7) is 12.2. The minimum atomic E-state index is -0.0571. The van der Waals surface area contributed by atoms with E-state index < -0.39 is 0 Å². The lowest BCUT2D eigenvalue weighted by molar-refractivity contribution is 0.438. The van der Waals surface area contributed by atoms with Gasteiger partial charge in [0, 0.05) is 0 Å². The summed E-state index contributed by atoms with van der Waals surface area (Å²) in [6.07, 6.45) is 0. The maximum absolute atomic E-state index is 14.0. The van der Waals surface area contributed by atoms with Crippen LogP contribution in [0, 0.1) is 25.6 Å². The van der Waals surface area contributed by atoms with Crippen molar-refractivity contribution in [3.8, 4) is 0 Å².